The van der Waals surface area contributed by atoms with Gasteiger partial charge in [0.1, 0.15) is 6.61 Å². The van der Waals surface area contributed by atoms with Crippen LogP contribution in [-0.4, -0.2) is 18.1 Å². The number of carbonyl (C=O) groups excluding carboxylic acids is 1. The average Bonchev–Trinajstić information content (AvgIpc) is 2.83. The van der Waals surface area contributed by atoms with Crippen molar-refractivity contribution in [2.45, 2.75) is 19.6 Å². The van der Waals surface area contributed by atoms with E-state index in [1.807, 2.05) is 85.8 Å². The first-order valence-electron chi connectivity index (χ1n) is 10.5. The third-order valence-electron chi connectivity index (χ3n) is 5.30. The van der Waals surface area contributed by atoms with Gasteiger partial charge >= 0.3 is 0 Å². The molecule has 1 aliphatic rings. The zero-order valence-corrected chi connectivity index (χ0v) is 19.2. The number of allylic oxidation sites excluding steroid dienone is 1. The summed E-state index contributed by atoms with van der Waals surface area (Å²) < 4.78 is 11.6. The molecule has 0 saturated carbocycles. The number of nitrogens with one attached hydrogen (secondary N) is 3. The van der Waals surface area contributed by atoms with Gasteiger partial charge in [-0.05, 0) is 54.5 Å². The molecule has 4 rings (SSSR count). The lowest BCUT2D eigenvalue weighted by Crippen LogP contribution is -2.45. The number of rotatable bonds is 7. The molecule has 33 heavy (non-hydrogen) atoms. The lowest BCUT2D eigenvalue weighted by atomic mass is 9.94. The molecule has 3 N–H and O–H groups in total. The van der Waals surface area contributed by atoms with Crippen LogP contribution in [0.5, 0.6) is 11.5 Å². The molecule has 1 unspecified atom stereocenters. The molecule has 0 aliphatic carbocycles. The quantitative estimate of drug-likeness (QED) is 0.445. The van der Waals surface area contributed by atoms with Crippen molar-refractivity contribution in [3.8, 4) is 11.5 Å². The van der Waals surface area contributed by atoms with E-state index in [4.69, 9.17) is 21.7 Å². The summed E-state index contributed by atoms with van der Waals surface area (Å²) >= 11 is 5.37. The number of ether oxygens (including phenoxy) is 2. The topological polar surface area (TPSA) is 71.6 Å². The van der Waals surface area contributed by atoms with Crippen LogP contribution in [0, 0.1) is 0 Å². The molecule has 0 radical (unpaired) electrons. The van der Waals surface area contributed by atoms with Crippen molar-refractivity contribution in [2.75, 3.05) is 12.4 Å². The van der Waals surface area contributed by atoms with Crippen LogP contribution >= 0.6 is 12.2 Å². The van der Waals surface area contributed by atoms with Gasteiger partial charge in [0.05, 0.1) is 18.7 Å². The molecule has 1 atom stereocenters. The number of hydrogen-bond donors (Lipinski definition) is 3. The molecular weight excluding hydrogens is 434 g/mol. The summed E-state index contributed by atoms with van der Waals surface area (Å²) in [6.45, 7) is 2.27. The Kier molecular flexibility index (Phi) is 6.90. The number of carbonyl (C=O) groups is 1. The maximum Gasteiger partial charge on any atom is 0.255 e. The van der Waals surface area contributed by atoms with Gasteiger partial charge in [0.25, 0.3) is 5.91 Å². The predicted octanol–water partition coefficient (Wildman–Crippen LogP) is 4.71. The first kappa shape index (κ1) is 22.4. The summed E-state index contributed by atoms with van der Waals surface area (Å²) in [5.41, 5.74) is 3.86. The molecule has 1 heterocycles. The fourth-order valence-corrected chi connectivity index (χ4v) is 3.95. The van der Waals surface area contributed by atoms with Crippen molar-refractivity contribution in [1.82, 2.24) is 10.6 Å². The highest BCUT2D eigenvalue weighted by atomic mass is 32.1. The lowest BCUT2D eigenvalue weighted by Gasteiger charge is -2.30. The third-order valence-corrected chi connectivity index (χ3v) is 5.52. The second-order valence-corrected chi connectivity index (χ2v) is 7.98. The maximum absolute atomic E-state index is 13.2. The Morgan fingerprint density at radius 1 is 1.00 bits per heavy atom. The van der Waals surface area contributed by atoms with Gasteiger partial charge in [-0.1, -0.05) is 54.6 Å². The Hall–Kier alpha value is -3.84. The van der Waals surface area contributed by atoms with E-state index in [0.29, 0.717) is 34.5 Å². The highest BCUT2D eigenvalue weighted by Gasteiger charge is 2.30. The number of methoxy groups -OCH3 is 1. The van der Waals surface area contributed by atoms with Gasteiger partial charge in [-0.2, -0.15) is 0 Å². The van der Waals surface area contributed by atoms with Gasteiger partial charge in [0.2, 0.25) is 0 Å². The normalized spacial score (nSPS) is 15.3. The van der Waals surface area contributed by atoms with Gasteiger partial charge in [-0.3, -0.25) is 4.79 Å². The van der Waals surface area contributed by atoms with E-state index in [0.717, 1.165) is 16.8 Å². The number of benzene rings is 3. The molecule has 168 valence electrons. The zero-order valence-electron chi connectivity index (χ0n) is 18.4. The van der Waals surface area contributed by atoms with Gasteiger partial charge in [-0.15, -0.1) is 0 Å². The number of amides is 1. The van der Waals surface area contributed by atoms with Gasteiger partial charge in [-0.25, -0.2) is 0 Å². The minimum absolute atomic E-state index is 0.213. The van der Waals surface area contributed by atoms with Crippen molar-refractivity contribution >= 4 is 28.9 Å². The Morgan fingerprint density at radius 3 is 2.39 bits per heavy atom. The van der Waals surface area contributed by atoms with Gasteiger partial charge in [0.15, 0.2) is 16.6 Å². The summed E-state index contributed by atoms with van der Waals surface area (Å²) in [6.07, 6.45) is 0. The Bertz CT molecular complexity index is 1180. The summed E-state index contributed by atoms with van der Waals surface area (Å²) in [6, 6.07) is 24.5. The molecule has 0 saturated heterocycles. The van der Waals surface area contributed by atoms with Crippen LogP contribution in [0.15, 0.2) is 90.1 Å². The van der Waals surface area contributed by atoms with E-state index < -0.39 is 6.04 Å². The first-order valence-corrected chi connectivity index (χ1v) is 11.0. The molecule has 0 fully saturated rings. The van der Waals surface area contributed by atoms with Crippen molar-refractivity contribution in [3.63, 3.8) is 0 Å². The van der Waals surface area contributed by atoms with Crippen molar-refractivity contribution in [3.05, 3.63) is 101 Å². The second kappa shape index (κ2) is 10.2. The molecule has 1 amide bonds. The van der Waals surface area contributed by atoms with E-state index in [9.17, 15) is 4.79 Å². The summed E-state index contributed by atoms with van der Waals surface area (Å²) in [5, 5.41) is 9.69. The Labute approximate surface area is 198 Å². The monoisotopic (exact) mass is 459 g/mol. The van der Waals surface area contributed by atoms with Gasteiger partial charge < -0.3 is 25.4 Å². The average molecular weight is 460 g/mol. The van der Waals surface area contributed by atoms with Crippen molar-refractivity contribution in [1.29, 1.82) is 0 Å². The Morgan fingerprint density at radius 2 is 1.70 bits per heavy atom. The molecule has 7 heteroatoms. The standard InChI is InChI=1S/C26H25N3O3S/c1-17-23(25(30)28-20-11-7-4-8-12-20)24(29-26(33)27-17)19-13-14-21(22(15-19)31-2)32-16-18-9-5-3-6-10-18/h3-15,24H,16H2,1-2H3,(H,28,30)(H2,27,29,33). The van der Waals surface area contributed by atoms with E-state index in [-0.39, 0.29) is 5.91 Å². The molecule has 3 aromatic rings. The first-order chi connectivity index (χ1) is 16.0. The number of thiocarbonyl (C=S) groups is 1. The highest BCUT2D eigenvalue weighted by molar-refractivity contribution is 7.80. The molecule has 0 bridgehead atoms. The summed E-state index contributed by atoms with van der Waals surface area (Å²) in [4.78, 5) is 13.2. The van der Waals surface area contributed by atoms with Crippen LogP contribution in [0.4, 0.5) is 5.69 Å². The van der Waals surface area contributed by atoms with Crippen LogP contribution in [-0.2, 0) is 11.4 Å². The fraction of sp³-hybridized carbons (Fsp3) is 0.154. The predicted molar refractivity (Wildman–Crippen MR) is 133 cm³/mol. The van der Waals surface area contributed by atoms with Gasteiger partial charge in [0, 0.05) is 11.4 Å². The molecule has 1 aliphatic heterocycles. The molecule has 0 aromatic heterocycles. The fourth-order valence-electron chi connectivity index (χ4n) is 3.68. The van der Waals surface area contributed by atoms with E-state index in [1.165, 1.54) is 0 Å². The molecule has 0 spiro atoms. The van der Waals surface area contributed by atoms with Crippen molar-refractivity contribution in [2.24, 2.45) is 0 Å². The van der Waals surface area contributed by atoms with E-state index in [1.54, 1.807) is 7.11 Å². The lowest BCUT2D eigenvalue weighted by molar-refractivity contribution is -0.113. The number of hydrogen-bond acceptors (Lipinski definition) is 4. The van der Waals surface area contributed by atoms with Crippen LogP contribution in [0.25, 0.3) is 0 Å². The summed E-state index contributed by atoms with van der Waals surface area (Å²) in [5.74, 6) is 0.988. The van der Waals surface area contributed by atoms with Crippen LogP contribution < -0.4 is 25.4 Å². The molecule has 3 aromatic carbocycles. The SMILES string of the molecule is COc1cc(C2NC(=S)NC(C)=C2C(=O)Nc2ccccc2)ccc1OCc1ccccc1. The second-order valence-electron chi connectivity index (χ2n) is 7.57. The van der Waals surface area contributed by atoms with Crippen molar-refractivity contribution < 1.29 is 14.3 Å². The van der Waals surface area contributed by atoms with E-state index in [2.05, 4.69) is 16.0 Å². The summed E-state index contributed by atoms with van der Waals surface area (Å²) in [7, 11) is 1.60. The Balaban J connectivity index is 1.60. The molecular formula is C26H25N3O3S. The number of anilines is 1. The van der Waals surface area contributed by atoms with E-state index >= 15 is 0 Å². The maximum atomic E-state index is 13.2. The smallest absolute Gasteiger partial charge is 0.255 e. The van der Waals surface area contributed by atoms with Crippen LogP contribution in [0.2, 0.25) is 0 Å². The highest BCUT2D eigenvalue weighted by Crippen LogP contribution is 2.35. The van der Waals surface area contributed by atoms with Crippen LogP contribution in [0.1, 0.15) is 24.1 Å². The minimum atomic E-state index is -0.445. The largest absolute Gasteiger partial charge is 0.493 e. The number of para-hydroxylation sites is 1. The molecule has 6 nitrogen and oxygen atoms in total. The zero-order chi connectivity index (χ0) is 23.2. The minimum Gasteiger partial charge on any atom is -0.493 e. The van der Waals surface area contributed by atoms with Crippen LogP contribution in [0.3, 0.4) is 0 Å². The third kappa shape index (κ3) is 5.32.